The van der Waals surface area contributed by atoms with Crippen LogP contribution in [-0.4, -0.2) is 15.5 Å². The molecule has 2 heterocycles. The SMILES string of the molecule is CCCn1ccc2ccc(NC(=O)c3ccc(Cl)nc3)cc21. The fourth-order valence-corrected chi connectivity index (χ4v) is 2.52. The molecule has 1 N–H and O–H groups in total. The molecule has 4 nitrogen and oxygen atoms in total. The minimum atomic E-state index is -0.197. The van der Waals surface area contributed by atoms with Gasteiger partial charge >= 0.3 is 0 Å². The van der Waals surface area contributed by atoms with Crippen LogP contribution in [0.25, 0.3) is 10.9 Å². The molecule has 0 unspecified atom stereocenters. The number of aryl methyl sites for hydroxylation is 1. The zero-order valence-corrected chi connectivity index (χ0v) is 13.0. The summed E-state index contributed by atoms with van der Waals surface area (Å²) in [6.07, 6.45) is 4.61. The van der Waals surface area contributed by atoms with Crippen LogP contribution in [0.3, 0.4) is 0 Å². The largest absolute Gasteiger partial charge is 0.347 e. The van der Waals surface area contributed by atoms with Crippen molar-refractivity contribution in [1.82, 2.24) is 9.55 Å². The van der Waals surface area contributed by atoms with Gasteiger partial charge in [-0.1, -0.05) is 24.6 Å². The predicted octanol–water partition coefficient (Wildman–Crippen LogP) is 4.35. The van der Waals surface area contributed by atoms with E-state index in [9.17, 15) is 4.79 Å². The molecule has 1 amide bonds. The highest BCUT2D eigenvalue weighted by Gasteiger charge is 2.08. The molecule has 5 heteroatoms. The van der Waals surface area contributed by atoms with Gasteiger partial charge in [-0.25, -0.2) is 4.98 Å². The predicted molar refractivity (Wildman–Crippen MR) is 89.4 cm³/mol. The molecular formula is C17H16ClN3O. The third kappa shape index (κ3) is 2.97. The number of nitrogens with one attached hydrogen (secondary N) is 1. The third-order valence-corrected chi connectivity index (χ3v) is 3.71. The number of rotatable bonds is 4. The minimum Gasteiger partial charge on any atom is -0.347 e. The summed E-state index contributed by atoms with van der Waals surface area (Å²) in [4.78, 5) is 16.1. The van der Waals surface area contributed by atoms with E-state index in [1.807, 2.05) is 18.2 Å². The number of nitrogens with zero attached hydrogens (tertiary/aromatic N) is 2. The molecule has 22 heavy (non-hydrogen) atoms. The number of benzene rings is 1. The average molecular weight is 314 g/mol. The average Bonchev–Trinajstić information content (AvgIpc) is 2.91. The van der Waals surface area contributed by atoms with E-state index in [4.69, 9.17) is 11.6 Å². The topological polar surface area (TPSA) is 46.9 Å². The van der Waals surface area contributed by atoms with Crippen LogP contribution in [0.15, 0.2) is 48.8 Å². The lowest BCUT2D eigenvalue weighted by molar-refractivity contribution is 0.102. The number of carbonyl (C=O) groups excluding carboxylic acids is 1. The smallest absolute Gasteiger partial charge is 0.257 e. The van der Waals surface area contributed by atoms with Crippen LogP contribution >= 0.6 is 11.6 Å². The molecule has 0 fully saturated rings. The molecule has 3 aromatic rings. The van der Waals surface area contributed by atoms with Crippen molar-refractivity contribution in [3.63, 3.8) is 0 Å². The molecule has 0 aliphatic rings. The molecule has 2 aromatic heterocycles. The Morgan fingerprint density at radius 2 is 2.14 bits per heavy atom. The van der Waals surface area contributed by atoms with E-state index in [2.05, 4.69) is 34.1 Å². The van der Waals surface area contributed by atoms with Gasteiger partial charge in [-0.2, -0.15) is 0 Å². The summed E-state index contributed by atoms with van der Waals surface area (Å²) in [5.41, 5.74) is 2.37. The Balaban J connectivity index is 1.85. The lowest BCUT2D eigenvalue weighted by atomic mass is 10.2. The van der Waals surface area contributed by atoms with Crippen molar-refractivity contribution in [2.75, 3.05) is 5.32 Å². The maximum atomic E-state index is 12.2. The van der Waals surface area contributed by atoms with Gasteiger partial charge in [-0.15, -0.1) is 0 Å². The van der Waals surface area contributed by atoms with Crippen molar-refractivity contribution in [1.29, 1.82) is 0 Å². The summed E-state index contributed by atoms with van der Waals surface area (Å²) < 4.78 is 2.19. The second kappa shape index (κ2) is 6.20. The summed E-state index contributed by atoms with van der Waals surface area (Å²) in [5, 5.41) is 4.43. The summed E-state index contributed by atoms with van der Waals surface area (Å²) in [7, 11) is 0. The molecule has 3 rings (SSSR count). The molecule has 0 radical (unpaired) electrons. The first-order valence-electron chi connectivity index (χ1n) is 7.19. The number of amides is 1. The molecule has 1 aromatic carbocycles. The standard InChI is InChI=1S/C17H16ClN3O/c1-2-8-21-9-7-12-3-5-14(10-15(12)21)20-17(22)13-4-6-16(18)19-11-13/h3-7,9-11H,2,8H2,1H3,(H,20,22). The van der Waals surface area contributed by atoms with Crippen molar-refractivity contribution < 1.29 is 4.79 Å². The van der Waals surface area contributed by atoms with E-state index >= 15 is 0 Å². The maximum Gasteiger partial charge on any atom is 0.257 e. The van der Waals surface area contributed by atoms with Crippen LogP contribution < -0.4 is 5.32 Å². The molecule has 0 aliphatic carbocycles. The van der Waals surface area contributed by atoms with Gasteiger partial charge in [0.05, 0.1) is 11.1 Å². The van der Waals surface area contributed by atoms with E-state index in [1.54, 1.807) is 12.1 Å². The van der Waals surface area contributed by atoms with Crippen LogP contribution in [0.1, 0.15) is 23.7 Å². The van der Waals surface area contributed by atoms with Crippen molar-refractivity contribution >= 4 is 34.1 Å². The fraction of sp³-hybridized carbons (Fsp3) is 0.176. The third-order valence-electron chi connectivity index (χ3n) is 3.49. The highest BCUT2D eigenvalue weighted by Crippen LogP contribution is 2.21. The van der Waals surface area contributed by atoms with Gasteiger partial charge in [0.25, 0.3) is 5.91 Å². The number of anilines is 1. The Labute approximate surface area is 133 Å². The van der Waals surface area contributed by atoms with Gasteiger partial charge in [0.2, 0.25) is 0 Å². The maximum absolute atomic E-state index is 12.2. The van der Waals surface area contributed by atoms with Gasteiger partial charge in [-0.05, 0) is 42.1 Å². The highest BCUT2D eigenvalue weighted by molar-refractivity contribution is 6.29. The normalized spacial score (nSPS) is 10.8. The molecule has 0 bridgehead atoms. The number of hydrogen-bond donors (Lipinski definition) is 1. The van der Waals surface area contributed by atoms with Crippen LogP contribution in [0, 0.1) is 0 Å². The Bertz CT molecular complexity index is 808. The fourth-order valence-electron chi connectivity index (χ4n) is 2.41. The van der Waals surface area contributed by atoms with E-state index in [0.717, 1.165) is 24.2 Å². The van der Waals surface area contributed by atoms with Crippen molar-refractivity contribution in [3.8, 4) is 0 Å². The lowest BCUT2D eigenvalue weighted by Gasteiger charge is -2.07. The lowest BCUT2D eigenvalue weighted by Crippen LogP contribution is -2.12. The number of pyridine rings is 1. The zero-order valence-electron chi connectivity index (χ0n) is 12.2. The summed E-state index contributed by atoms with van der Waals surface area (Å²) >= 11 is 5.73. The van der Waals surface area contributed by atoms with E-state index in [-0.39, 0.29) is 5.91 Å². The Hall–Kier alpha value is -2.33. The Kier molecular flexibility index (Phi) is 4.11. The van der Waals surface area contributed by atoms with E-state index < -0.39 is 0 Å². The number of carbonyl (C=O) groups is 1. The summed E-state index contributed by atoms with van der Waals surface area (Å²) in [6, 6.07) is 11.2. The summed E-state index contributed by atoms with van der Waals surface area (Å²) in [5.74, 6) is -0.197. The monoisotopic (exact) mass is 313 g/mol. The number of halogens is 1. The van der Waals surface area contributed by atoms with E-state index in [0.29, 0.717) is 10.7 Å². The molecule has 0 aliphatic heterocycles. The van der Waals surface area contributed by atoms with Crippen LogP contribution in [0.5, 0.6) is 0 Å². The van der Waals surface area contributed by atoms with Crippen molar-refractivity contribution in [2.24, 2.45) is 0 Å². The quantitative estimate of drug-likeness (QED) is 0.728. The molecule has 0 atom stereocenters. The number of hydrogen-bond acceptors (Lipinski definition) is 2. The molecule has 0 spiro atoms. The molecular weight excluding hydrogens is 298 g/mol. The van der Waals surface area contributed by atoms with E-state index in [1.165, 1.54) is 11.6 Å². The van der Waals surface area contributed by atoms with Gasteiger partial charge in [0.1, 0.15) is 5.15 Å². The first-order valence-corrected chi connectivity index (χ1v) is 7.57. The number of aromatic nitrogens is 2. The van der Waals surface area contributed by atoms with Crippen molar-refractivity contribution in [3.05, 3.63) is 59.5 Å². The Morgan fingerprint density at radius 1 is 1.27 bits per heavy atom. The van der Waals surface area contributed by atoms with Gasteiger partial charge < -0.3 is 9.88 Å². The van der Waals surface area contributed by atoms with Gasteiger partial charge in [-0.3, -0.25) is 4.79 Å². The second-order valence-corrected chi connectivity index (χ2v) is 5.49. The molecule has 0 saturated carbocycles. The van der Waals surface area contributed by atoms with Crippen LogP contribution in [0.2, 0.25) is 5.15 Å². The highest BCUT2D eigenvalue weighted by atomic mass is 35.5. The minimum absolute atomic E-state index is 0.197. The Morgan fingerprint density at radius 3 is 2.86 bits per heavy atom. The first kappa shape index (κ1) is 14.6. The zero-order chi connectivity index (χ0) is 15.5. The van der Waals surface area contributed by atoms with Gasteiger partial charge in [0.15, 0.2) is 0 Å². The molecule has 112 valence electrons. The van der Waals surface area contributed by atoms with Crippen LogP contribution in [0.4, 0.5) is 5.69 Å². The molecule has 0 saturated heterocycles. The first-order chi connectivity index (χ1) is 10.7. The van der Waals surface area contributed by atoms with Gasteiger partial charge in [0, 0.05) is 24.6 Å². The van der Waals surface area contributed by atoms with Crippen LogP contribution in [-0.2, 0) is 6.54 Å². The summed E-state index contributed by atoms with van der Waals surface area (Å²) in [6.45, 7) is 3.10. The second-order valence-electron chi connectivity index (χ2n) is 5.11. The van der Waals surface area contributed by atoms with Crippen molar-refractivity contribution in [2.45, 2.75) is 19.9 Å². The number of fused-ring (bicyclic) bond motifs is 1.